The van der Waals surface area contributed by atoms with Crippen molar-refractivity contribution < 1.29 is 14.2 Å². The summed E-state index contributed by atoms with van der Waals surface area (Å²) in [5.74, 6) is 4.75. The Balaban J connectivity index is 1.62. The van der Waals surface area contributed by atoms with Crippen LogP contribution in [-0.4, -0.2) is 36.5 Å². The molecule has 2 heterocycles. The highest BCUT2D eigenvalue weighted by Crippen LogP contribution is 2.40. The SMILES string of the molecule is C#Cc1cccc(Nc2ncnc3c2N=Cc2ccc(OCCOC)cc2O3)c1. The van der Waals surface area contributed by atoms with Crippen molar-refractivity contribution in [2.75, 3.05) is 25.6 Å². The molecule has 1 aromatic heterocycles. The largest absolute Gasteiger partial charge is 0.491 e. The molecule has 0 saturated carbocycles. The van der Waals surface area contributed by atoms with Crippen LogP contribution in [0.2, 0.25) is 0 Å². The molecule has 3 aromatic rings. The fraction of sp³-hybridized carbons (Fsp3) is 0.136. The molecule has 4 rings (SSSR count). The van der Waals surface area contributed by atoms with Gasteiger partial charge in [-0.05, 0) is 30.3 Å². The Morgan fingerprint density at radius 1 is 1.14 bits per heavy atom. The number of fused-ring (bicyclic) bond motifs is 2. The van der Waals surface area contributed by atoms with Crippen LogP contribution >= 0.6 is 0 Å². The zero-order valence-corrected chi connectivity index (χ0v) is 15.8. The van der Waals surface area contributed by atoms with E-state index in [0.717, 1.165) is 16.8 Å². The van der Waals surface area contributed by atoms with E-state index < -0.39 is 0 Å². The number of hydrogen-bond acceptors (Lipinski definition) is 7. The van der Waals surface area contributed by atoms with Crippen LogP contribution in [-0.2, 0) is 4.74 Å². The van der Waals surface area contributed by atoms with E-state index in [2.05, 4.69) is 26.2 Å². The number of aromatic nitrogens is 2. The lowest BCUT2D eigenvalue weighted by Crippen LogP contribution is -2.04. The highest BCUT2D eigenvalue weighted by molar-refractivity contribution is 5.90. The smallest absolute Gasteiger partial charge is 0.250 e. The number of ether oxygens (including phenoxy) is 3. The fourth-order valence-corrected chi connectivity index (χ4v) is 2.75. The highest BCUT2D eigenvalue weighted by Gasteiger charge is 2.18. The highest BCUT2D eigenvalue weighted by atomic mass is 16.5. The lowest BCUT2D eigenvalue weighted by atomic mass is 10.2. The van der Waals surface area contributed by atoms with Gasteiger partial charge >= 0.3 is 0 Å². The van der Waals surface area contributed by atoms with E-state index >= 15 is 0 Å². The van der Waals surface area contributed by atoms with Crippen LogP contribution in [0.4, 0.5) is 17.2 Å². The van der Waals surface area contributed by atoms with E-state index in [1.807, 2.05) is 36.4 Å². The number of nitrogens with one attached hydrogen (secondary N) is 1. The molecule has 0 saturated heterocycles. The van der Waals surface area contributed by atoms with Crippen molar-refractivity contribution in [3.8, 4) is 29.7 Å². The van der Waals surface area contributed by atoms with Gasteiger partial charge in [0.2, 0.25) is 0 Å². The van der Waals surface area contributed by atoms with Crippen LogP contribution in [0.15, 0.2) is 53.8 Å². The van der Waals surface area contributed by atoms with Crippen LogP contribution in [0.1, 0.15) is 11.1 Å². The number of benzene rings is 2. The molecule has 2 aromatic carbocycles. The second-order valence-electron chi connectivity index (χ2n) is 6.13. The summed E-state index contributed by atoms with van der Waals surface area (Å²) in [5, 5.41) is 3.23. The predicted molar refractivity (Wildman–Crippen MR) is 111 cm³/mol. The molecule has 0 aliphatic carbocycles. The van der Waals surface area contributed by atoms with Crippen molar-refractivity contribution in [1.29, 1.82) is 0 Å². The molecule has 1 aliphatic heterocycles. The Morgan fingerprint density at radius 3 is 2.93 bits per heavy atom. The van der Waals surface area contributed by atoms with Crippen LogP contribution in [0.25, 0.3) is 0 Å². The summed E-state index contributed by atoms with van der Waals surface area (Å²) in [6.45, 7) is 0.957. The minimum atomic E-state index is 0.347. The van der Waals surface area contributed by atoms with Crippen molar-refractivity contribution in [2.45, 2.75) is 0 Å². The molecule has 0 radical (unpaired) electrons. The summed E-state index contributed by atoms with van der Waals surface area (Å²) in [6.07, 6.45) is 8.62. The van der Waals surface area contributed by atoms with Crippen molar-refractivity contribution in [1.82, 2.24) is 9.97 Å². The third-order valence-corrected chi connectivity index (χ3v) is 4.16. The fourth-order valence-electron chi connectivity index (χ4n) is 2.75. The minimum absolute atomic E-state index is 0.347. The first-order valence-corrected chi connectivity index (χ1v) is 8.93. The summed E-state index contributed by atoms with van der Waals surface area (Å²) >= 11 is 0. The van der Waals surface area contributed by atoms with E-state index in [4.69, 9.17) is 20.6 Å². The molecule has 0 bridgehead atoms. The topological polar surface area (TPSA) is 77.9 Å². The van der Waals surface area contributed by atoms with Gasteiger partial charge in [0.05, 0.1) is 6.61 Å². The number of anilines is 2. The van der Waals surface area contributed by atoms with Gasteiger partial charge in [-0.25, -0.2) is 9.98 Å². The molecule has 0 fully saturated rings. The molecule has 0 unspecified atom stereocenters. The molecule has 0 atom stereocenters. The Labute approximate surface area is 168 Å². The Morgan fingerprint density at radius 2 is 2.07 bits per heavy atom. The van der Waals surface area contributed by atoms with Gasteiger partial charge < -0.3 is 19.5 Å². The summed E-state index contributed by atoms with van der Waals surface area (Å²) in [4.78, 5) is 13.1. The third kappa shape index (κ3) is 4.18. The molecule has 0 spiro atoms. The lowest BCUT2D eigenvalue weighted by Gasteiger charge is -2.12. The number of rotatable bonds is 6. The maximum Gasteiger partial charge on any atom is 0.250 e. The summed E-state index contributed by atoms with van der Waals surface area (Å²) < 4.78 is 16.7. The first-order chi connectivity index (χ1) is 14.3. The van der Waals surface area contributed by atoms with Gasteiger partial charge in [-0.3, -0.25) is 0 Å². The summed E-state index contributed by atoms with van der Waals surface area (Å²) in [6, 6.07) is 13.0. The number of aliphatic imine (C=N–C) groups is 1. The van der Waals surface area contributed by atoms with Gasteiger partial charge in [-0.2, -0.15) is 4.98 Å². The van der Waals surface area contributed by atoms with Crippen molar-refractivity contribution in [3.63, 3.8) is 0 Å². The molecule has 144 valence electrons. The molecule has 1 N–H and O–H groups in total. The number of nitrogens with zero attached hydrogens (tertiary/aromatic N) is 3. The van der Waals surface area contributed by atoms with E-state index in [9.17, 15) is 0 Å². The maximum atomic E-state index is 6.01. The number of methoxy groups -OCH3 is 1. The van der Waals surface area contributed by atoms with Crippen molar-refractivity contribution in [3.05, 3.63) is 59.9 Å². The molecule has 0 amide bonds. The first-order valence-electron chi connectivity index (χ1n) is 8.93. The van der Waals surface area contributed by atoms with Gasteiger partial charge in [-0.15, -0.1) is 6.42 Å². The van der Waals surface area contributed by atoms with Gasteiger partial charge in [0.15, 0.2) is 11.5 Å². The van der Waals surface area contributed by atoms with Crippen molar-refractivity contribution in [2.24, 2.45) is 4.99 Å². The van der Waals surface area contributed by atoms with E-state index in [0.29, 0.717) is 42.1 Å². The molecule has 1 aliphatic rings. The van der Waals surface area contributed by atoms with Crippen LogP contribution < -0.4 is 14.8 Å². The summed E-state index contributed by atoms with van der Waals surface area (Å²) in [7, 11) is 1.63. The van der Waals surface area contributed by atoms with Gasteiger partial charge in [-0.1, -0.05) is 12.0 Å². The van der Waals surface area contributed by atoms with E-state index in [1.54, 1.807) is 19.4 Å². The van der Waals surface area contributed by atoms with Gasteiger partial charge in [0.1, 0.15) is 24.4 Å². The zero-order valence-electron chi connectivity index (χ0n) is 15.8. The van der Waals surface area contributed by atoms with Crippen LogP contribution in [0, 0.1) is 12.3 Å². The standard InChI is InChI=1S/C22H18N4O3/c1-3-15-5-4-6-17(11-15)26-21-20-22(25-14-24-21)29-19-12-18(28-10-9-27-2)8-7-16(19)13-23-20/h1,4-8,11-14H,9-10H2,2H3,(H,24,25,26). The minimum Gasteiger partial charge on any atom is -0.491 e. The summed E-state index contributed by atoms with van der Waals surface area (Å²) in [5.41, 5.74) is 2.87. The van der Waals surface area contributed by atoms with Crippen molar-refractivity contribution >= 4 is 23.4 Å². The molecular weight excluding hydrogens is 368 g/mol. The first kappa shape index (κ1) is 18.5. The Kier molecular flexibility index (Phi) is 5.36. The second-order valence-corrected chi connectivity index (χ2v) is 6.13. The lowest BCUT2D eigenvalue weighted by molar-refractivity contribution is 0.146. The van der Waals surface area contributed by atoms with Gasteiger partial charge in [0, 0.05) is 36.2 Å². The second kappa shape index (κ2) is 8.42. The third-order valence-electron chi connectivity index (χ3n) is 4.16. The van der Waals surface area contributed by atoms with E-state index in [-0.39, 0.29) is 0 Å². The maximum absolute atomic E-state index is 6.01. The monoisotopic (exact) mass is 386 g/mol. The normalized spacial score (nSPS) is 11.4. The molecule has 7 heteroatoms. The quantitative estimate of drug-likeness (QED) is 0.397. The van der Waals surface area contributed by atoms with Gasteiger partial charge in [0.25, 0.3) is 5.88 Å². The molecule has 7 nitrogen and oxygen atoms in total. The predicted octanol–water partition coefficient (Wildman–Crippen LogP) is 4.08. The molecular formula is C22H18N4O3. The van der Waals surface area contributed by atoms with Crippen LogP contribution in [0.3, 0.4) is 0 Å². The Hall–Kier alpha value is -3.89. The average Bonchev–Trinajstić information content (AvgIpc) is 2.93. The van der Waals surface area contributed by atoms with E-state index in [1.165, 1.54) is 6.33 Å². The number of hydrogen-bond donors (Lipinski definition) is 1. The zero-order chi connectivity index (χ0) is 20.1. The molecule has 29 heavy (non-hydrogen) atoms. The average molecular weight is 386 g/mol. The van der Waals surface area contributed by atoms with Crippen LogP contribution in [0.5, 0.6) is 17.4 Å². The Bertz CT molecular complexity index is 1110. The number of terminal acetylenes is 1.